The van der Waals surface area contributed by atoms with Gasteiger partial charge in [-0.05, 0) is 68.7 Å². The zero-order valence-corrected chi connectivity index (χ0v) is 18.1. The van der Waals surface area contributed by atoms with E-state index in [1.54, 1.807) is 38.1 Å². The number of aromatic nitrogens is 1. The van der Waals surface area contributed by atoms with E-state index in [0.717, 1.165) is 22.9 Å². The molecule has 166 valence electrons. The first-order chi connectivity index (χ1) is 15.3. The molecule has 1 heterocycles. The summed E-state index contributed by atoms with van der Waals surface area (Å²) >= 11 is 0. The van der Waals surface area contributed by atoms with Crippen LogP contribution in [0.5, 0.6) is 5.75 Å². The van der Waals surface area contributed by atoms with Crippen molar-refractivity contribution >= 4 is 22.9 Å². The number of rotatable bonds is 8. The van der Waals surface area contributed by atoms with Crippen molar-refractivity contribution < 1.29 is 28.1 Å². The largest absolute Gasteiger partial charge is 0.462 e. The molecule has 0 aliphatic rings. The van der Waals surface area contributed by atoms with E-state index in [0.29, 0.717) is 41.3 Å². The Kier molecular flexibility index (Phi) is 7.33. The number of carbonyl (C=O) groups excluding carboxylic acids is 2. The second kappa shape index (κ2) is 10.3. The van der Waals surface area contributed by atoms with Gasteiger partial charge in [0.15, 0.2) is 11.3 Å². The smallest absolute Gasteiger partial charge is 0.338 e. The fourth-order valence-electron chi connectivity index (χ4n) is 2.81. The number of H-pyrrole nitrogens is 1. The number of aromatic amines is 1. The van der Waals surface area contributed by atoms with Crippen molar-refractivity contribution in [2.24, 2.45) is 0 Å². The summed E-state index contributed by atoms with van der Waals surface area (Å²) in [7, 11) is 0. The molecule has 7 nitrogen and oxygen atoms in total. The SMILES string of the molecule is C=C(C)C(=O)OCCCc1ccc2cc(-c3ccc(OC(=O)C(=C)C)cc3)o[nH]oc2c1. The second-order valence-electron chi connectivity index (χ2n) is 7.38. The average molecular weight is 435 g/mol. The second-order valence-corrected chi connectivity index (χ2v) is 7.38. The van der Waals surface area contributed by atoms with Crippen molar-refractivity contribution in [2.75, 3.05) is 6.61 Å². The highest BCUT2D eigenvalue weighted by Gasteiger charge is 2.08. The van der Waals surface area contributed by atoms with E-state index < -0.39 is 5.97 Å². The molecule has 0 unspecified atom stereocenters. The van der Waals surface area contributed by atoms with Crippen LogP contribution in [-0.2, 0) is 20.7 Å². The predicted molar refractivity (Wildman–Crippen MR) is 120 cm³/mol. The van der Waals surface area contributed by atoms with Gasteiger partial charge in [0.1, 0.15) is 5.75 Å². The molecule has 32 heavy (non-hydrogen) atoms. The van der Waals surface area contributed by atoms with Crippen LogP contribution < -0.4 is 4.74 Å². The molecule has 0 saturated heterocycles. The molecular formula is C25H25NO6. The quantitative estimate of drug-likeness (QED) is 0.212. The molecule has 0 atom stereocenters. The van der Waals surface area contributed by atoms with E-state index >= 15 is 0 Å². The standard InChI is InChI=1S/C25H25NO6/c1-16(2)24(27)29-13-5-6-18-7-8-20-15-23(32-26-31-22(20)14-18)19-9-11-21(12-10-19)30-25(28)17(3)4/h7-12,14-15,26H,1,3,5-6,13H2,2,4H3. The molecular weight excluding hydrogens is 410 g/mol. The Hall–Kier alpha value is -4.00. The van der Waals surface area contributed by atoms with Crippen LogP contribution in [0.2, 0.25) is 0 Å². The van der Waals surface area contributed by atoms with Crippen LogP contribution >= 0.6 is 0 Å². The number of ether oxygens (including phenoxy) is 2. The molecule has 3 aromatic rings. The third-order valence-corrected chi connectivity index (χ3v) is 4.56. The number of benzene rings is 2. The Morgan fingerprint density at radius 1 is 0.938 bits per heavy atom. The maximum Gasteiger partial charge on any atom is 0.338 e. The first-order valence-electron chi connectivity index (χ1n) is 10.1. The highest BCUT2D eigenvalue weighted by molar-refractivity contribution is 5.89. The highest BCUT2D eigenvalue weighted by atomic mass is 16.7. The van der Waals surface area contributed by atoms with E-state index in [-0.39, 0.29) is 5.97 Å². The number of hydrogen-bond acceptors (Lipinski definition) is 6. The van der Waals surface area contributed by atoms with Crippen molar-refractivity contribution in [3.63, 3.8) is 0 Å². The molecule has 0 aliphatic carbocycles. The number of esters is 2. The van der Waals surface area contributed by atoms with Gasteiger partial charge in [-0.3, -0.25) is 0 Å². The van der Waals surface area contributed by atoms with Crippen molar-refractivity contribution in [3.05, 3.63) is 78.4 Å². The number of aryl methyl sites for hydroxylation is 1. The summed E-state index contributed by atoms with van der Waals surface area (Å²) < 4.78 is 21.4. The van der Waals surface area contributed by atoms with Crippen LogP contribution in [-0.4, -0.2) is 23.9 Å². The van der Waals surface area contributed by atoms with Crippen molar-refractivity contribution in [2.45, 2.75) is 26.7 Å². The monoisotopic (exact) mass is 435 g/mol. The zero-order valence-electron chi connectivity index (χ0n) is 18.1. The van der Waals surface area contributed by atoms with Crippen LogP contribution in [0.4, 0.5) is 0 Å². The van der Waals surface area contributed by atoms with Crippen LogP contribution in [0.25, 0.3) is 22.3 Å². The number of fused-ring (bicyclic) bond motifs is 1. The van der Waals surface area contributed by atoms with E-state index in [4.69, 9.17) is 18.5 Å². The number of carbonyl (C=O) groups is 2. The Morgan fingerprint density at radius 2 is 1.66 bits per heavy atom. The zero-order chi connectivity index (χ0) is 23.1. The maximum atomic E-state index is 11.6. The predicted octanol–water partition coefficient (Wildman–Crippen LogP) is 5.68. The third kappa shape index (κ3) is 6.01. The molecule has 0 radical (unpaired) electrons. The van der Waals surface area contributed by atoms with Gasteiger partial charge in [0, 0.05) is 22.1 Å². The lowest BCUT2D eigenvalue weighted by Crippen LogP contribution is -2.07. The summed E-state index contributed by atoms with van der Waals surface area (Å²) in [5, 5.41) is 3.32. The fourth-order valence-corrected chi connectivity index (χ4v) is 2.81. The van der Waals surface area contributed by atoms with Crippen molar-refractivity contribution in [3.8, 4) is 17.1 Å². The molecule has 7 heteroatoms. The maximum absolute atomic E-state index is 11.6. The first kappa shape index (κ1) is 22.7. The van der Waals surface area contributed by atoms with Gasteiger partial charge in [0.2, 0.25) is 0 Å². The van der Waals surface area contributed by atoms with Crippen molar-refractivity contribution in [1.29, 1.82) is 0 Å². The minimum Gasteiger partial charge on any atom is -0.462 e. The van der Waals surface area contributed by atoms with Gasteiger partial charge in [0.25, 0.3) is 0 Å². The van der Waals surface area contributed by atoms with Crippen LogP contribution in [0, 0.1) is 0 Å². The molecule has 0 fully saturated rings. The van der Waals surface area contributed by atoms with Gasteiger partial charge in [-0.15, -0.1) is 0 Å². The lowest BCUT2D eigenvalue weighted by molar-refractivity contribution is -0.139. The lowest BCUT2D eigenvalue weighted by atomic mass is 10.1. The Labute approximate surface area is 185 Å². The molecule has 0 amide bonds. The fraction of sp³-hybridized carbons (Fsp3) is 0.200. The molecule has 1 aromatic heterocycles. The topological polar surface area (TPSA) is 94.7 Å². The third-order valence-electron chi connectivity index (χ3n) is 4.56. The van der Waals surface area contributed by atoms with Crippen LogP contribution in [0.1, 0.15) is 25.8 Å². The van der Waals surface area contributed by atoms with Crippen LogP contribution in [0.3, 0.4) is 0 Å². The Balaban J connectivity index is 1.72. The summed E-state index contributed by atoms with van der Waals surface area (Å²) in [6.07, 6.45) is 1.41. The van der Waals surface area contributed by atoms with E-state index in [9.17, 15) is 9.59 Å². The summed E-state index contributed by atoms with van der Waals surface area (Å²) in [5.74, 6) is 0.105. The summed E-state index contributed by atoms with van der Waals surface area (Å²) in [6, 6.07) is 14.6. The van der Waals surface area contributed by atoms with Gasteiger partial charge in [0.05, 0.1) is 6.61 Å². The Bertz CT molecular complexity index is 1190. The van der Waals surface area contributed by atoms with E-state index in [1.807, 2.05) is 24.3 Å². The molecule has 0 saturated carbocycles. The summed E-state index contributed by atoms with van der Waals surface area (Å²) in [6.45, 7) is 10.7. The Morgan fingerprint density at radius 3 is 2.34 bits per heavy atom. The number of hydrogen-bond donors (Lipinski definition) is 1. The normalized spacial score (nSPS) is 10.4. The minimum atomic E-state index is -0.475. The van der Waals surface area contributed by atoms with E-state index in [2.05, 4.69) is 18.5 Å². The highest BCUT2D eigenvalue weighted by Crippen LogP contribution is 2.25. The first-order valence-corrected chi connectivity index (χ1v) is 10.1. The minimum absolute atomic E-state index is 0.326. The molecule has 3 rings (SSSR count). The number of nitrogens with one attached hydrogen (secondary N) is 1. The average Bonchev–Trinajstić information content (AvgIpc) is 2.99. The summed E-state index contributed by atoms with van der Waals surface area (Å²) in [4.78, 5) is 23.1. The molecule has 0 aliphatic heterocycles. The van der Waals surface area contributed by atoms with Gasteiger partial charge in [-0.25, -0.2) is 9.59 Å². The van der Waals surface area contributed by atoms with Gasteiger partial charge < -0.3 is 18.5 Å². The molecule has 1 N–H and O–H groups in total. The van der Waals surface area contributed by atoms with Gasteiger partial charge in [-0.1, -0.05) is 30.6 Å². The summed E-state index contributed by atoms with van der Waals surface area (Å²) in [5.41, 5.74) is 3.14. The molecule has 2 aromatic carbocycles. The van der Waals surface area contributed by atoms with Gasteiger partial charge in [-0.2, -0.15) is 0 Å². The van der Waals surface area contributed by atoms with Crippen molar-refractivity contribution in [1.82, 2.24) is 5.33 Å². The van der Waals surface area contributed by atoms with E-state index in [1.165, 1.54) is 0 Å². The molecule has 0 spiro atoms. The lowest BCUT2D eigenvalue weighted by Gasteiger charge is -2.05. The van der Waals surface area contributed by atoms with Gasteiger partial charge >= 0.3 is 11.9 Å². The molecule has 0 bridgehead atoms. The van der Waals surface area contributed by atoms with Crippen LogP contribution in [0.15, 0.2) is 81.9 Å².